The third kappa shape index (κ3) is 1.48. The molecular formula is C20H30O2. The summed E-state index contributed by atoms with van der Waals surface area (Å²) in [6, 6.07) is 0. The van der Waals surface area contributed by atoms with Gasteiger partial charge >= 0.3 is 0 Å². The highest BCUT2D eigenvalue weighted by Crippen LogP contribution is 2.76. The average molecular weight is 302 g/mol. The smallest absolute Gasteiger partial charge is 0.140 e. The highest BCUT2D eigenvalue weighted by atomic mass is 16.3. The van der Waals surface area contributed by atoms with E-state index in [0.29, 0.717) is 24.2 Å². The van der Waals surface area contributed by atoms with Crippen LogP contribution >= 0.6 is 0 Å². The van der Waals surface area contributed by atoms with E-state index in [-0.39, 0.29) is 22.2 Å². The molecule has 22 heavy (non-hydrogen) atoms. The van der Waals surface area contributed by atoms with Crippen LogP contribution in [0.3, 0.4) is 0 Å². The second-order valence-corrected chi connectivity index (χ2v) is 9.22. The normalized spacial score (nSPS) is 54.0. The van der Waals surface area contributed by atoms with Crippen molar-refractivity contribution in [2.75, 3.05) is 6.61 Å². The summed E-state index contributed by atoms with van der Waals surface area (Å²) in [6.45, 7) is 9.29. The van der Waals surface area contributed by atoms with Gasteiger partial charge in [-0.05, 0) is 66.6 Å². The topological polar surface area (TPSA) is 37.3 Å². The number of carbonyl (C=O) groups excluding carboxylic acids is 1. The Morgan fingerprint density at radius 2 is 2.00 bits per heavy atom. The van der Waals surface area contributed by atoms with Crippen LogP contribution in [0.4, 0.5) is 0 Å². The Morgan fingerprint density at radius 3 is 2.68 bits per heavy atom. The van der Waals surface area contributed by atoms with E-state index < -0.39 is 0 Å². The molecule has 4 saturated carbocycles. The number of allylic oxidation sites excluding steroid dienone is 1. The van der Waals surface area contributed by atoms with Crippen molar-refractivity contribution in [3.63, 3.8) is 0 Å². The molecule has 1 N–H and O–H groups in total. The number of Topliss-reactive ketones (excluding diaryl/α,β-unsaturated/α-hetero) is 1. The van der Waals surface area contributed by atoms with E-state index in [1.165, 1.54) is 31.3 Å². The molecule has 4 rings (SSSR count). The Labute approximate surface area is 134 Å². The number of rotatable bonds is 1. The largest absolute Gasteiger partial charge is 0.396 e. The van der Waals surface area contributed by atoms with Crippen LogP contribution in [-0.4, -0.2) is 17.5 Å². The van der Waals surface area contributed by atoms with Gasteiger partial charge in [-0.15, -0.1) is 0 Å². The molecule has 0 aromatic carbocycles. The first-order valence-corrected chi connectivity index (χ1v) is 9.20. The fourth-order valence-corrected chi connectivity index (χ4v) is 7.58. The molecule has 2 nitrogen and oxygen atoms in total. The summed E-state index contributed by atoms with van der Waals surface area (Å²) >= 11 is 0. The quantitative estimate of drug-likeness (QED) is 0.740. The first kappa shape index (κ1) is 14.9. The van der Waals surface area contributed by atoms with E-state index in [1.54, 1.807) is 0 Å². The van der Waals surface area contributed by atoms with E-state index in [2.05, 4.69) is 20.4 Å². The van der Waals surface area contributed by atoms with Gasteiger partial charge < -0.3 is 5.11 Å². The van der Waals surface area contributed by atoms with Crippen molar-refractivity contribution in [3.8, 4) is 0 Å². The molecule has 0 radical (unpaired) electrons. The molecule has 0 saturated heterocycles. The second-order valence-electron chi connectivity index (χ2n) is 9.22. The Balaban J connectivity index is 1.82. The maximum Gasteiger partial charge on any atom is 0.140 e. The molecule has 4 aliphatic carbocycles. The number of aliphatic hydroxyl groups is 1. The Kier molecular flexibility index (Phi) is 3.03. The zero-order valence-electron chi connectivity index (χ0n) is 14.2. The predicted octanol–water partition coefficient (Wildman–Crippen LogP) is 4.13. The molecular weight excluding hydrogens is 272 g/mol. The number of hydrogen-bond donors (Lipinski definition) is 1. The van der Waals surface area contributed by atoms with Gasteiger partial charge in [0.25, 0.3) is 0 Å². The molecule has 2 heteroatoms. The monoisotopic (exact) mass is 302 g/mol. The molecule has 4 aliphatic rings. The van der Waals surface area contributed by atoms with Crippen molar-refractivity contribution in [1.82, 2.24) is 0 Å². The average Bonchev–Trinajstić information content (AvgIpc) is 2.46. The molecule has 0 bridgehead atoms. The Hall–Kier alpha value is -0.630. The van der Waals surface area contributed by atoms with Gasteiger partial charge in [0, 0.05) is 18.9 Å². The van der Waals surface area contributed by atoms with E-state index in [0.717, 1.165) is 25.7 Å². The van der Waals surface area contributed by atoms with Crippen molar-refractivity contribution in [1.29, 1.82) is 0 Å². The van der Waals surface area contributed by atoms with Crippen LogP contribution < -0.4 is 0 Å². The first-order chi connectivity index (χ1) is 10.4. The van der Waals surface area contributed by atoms with Crippen molar-refractivity contribution in [3.05, 3.63) is 12.2 Å². The molecule has 6 atom stereocenters. The van der Waals surface area contributed by atoms with Crippen LogP contribution in [0.15, 0.2) is 12.2 Å². The lowest BCUT2D eigenvalue weighted by molar-refractivity contribution is -0.223. The lowest BCUT2D eigenvalue weighted by Crippen LogP contribution is -2.69. The minimum Gasteiger partial charge on any atom is -0.396 e. The predicted molar refractivity (Wildman–Crippen MR) is 87.3 cm³/mol. The lowest BCUT2D eigenvalue weighted by Gasteiger charge is -2.73. The maximum atomic E-state index is 12.7. The van der Waals surface area contributed by atoms with Crippen molar-refractivity contribution in [2.24, 2.45) is 34.0 Å². The standard InChI is InChI=1S/C20H30O2/c1-13-11-20-14(5-7-15(22)17(13)20)6-8-16-18(2,12-21)9-4-10-19(16,20)3/h14,16-17,21H,1,4-12H2,2-3H3/t14-,16+,17-,18-,19+,20-/m1/s1. The number of carbonyl (C=O) groups is 1. The van der Waals surface area contributed by atoms with Gasteiger partial charge in [0.1, 0.15) is 5.78 Å². The molecule has 122 valence electrons. The Bertz CT molecular complexity index is 538. The van der Waals surface area contributed by atoms with Crippen LogP contribution in [0.5, 0.6) is 0 Å². The minimum atomic E-state index is 0.0503. The third-order valence-electron chi connectivity index (χ3n) is 8.52. The van der Waals surface area contributed by atoms with Crippen LogP contribution in [-0.2, 0) is 4.79 Å². The summed E-state index contributed by atoms with van der Waals surface area (Å²) in [5.74, 6) is 1.88. The molecule has 0 aromatic heterocycles. The number of fused-ring (bicyclic) bond motifs is 1. The summed E-state index contributed by atoms with van der Waals surface area (Å²) in [7, 11) is 0. The van der Waals surface area contributed by atoms with Gasteiger partial charge in [0.2, 0.25) is 0 Å². The Morgan fingerprint density at radius 1 is 1.23 bits per heavy atom. The van der Waals surface area contributed by atoms with Crippen LogP contribution in [0.1, 0.15) is 65.2 Å². The SMILES string of the molecule is C=C1C[C@@]23[C@H](CCC(=O)[C@@H]12)CC[C@H]1[C@@](C)(CO)CCC[C@@]13C. The molecule has 0 aromatic rings. The van der Waals surface area contributed by atoms with Gasteiger partial charge in [0.05, 0.1) is 0 Å². The lowest BCUT2D eigenvalue weighted by atomic mass is 9.30. The summed E-state index contributed by atoms with van der Waals surface area (Å²) < 4.78 is 0. The highest BCUT2D eigenvalue weighted by Gasteiger charge is 2.71. The van der Waals surface area contributed by atoms with Crippen LogP contribution in [0, 0.1) is 34.0 Å². The number of aliphatic hydroxyl groups excluding tert-OH is 1. The summed E-state index contributed by atoms with van der Waals surface area (Å²) in [5, 5.41) is 10.1. The second kappa shape index (κ2) is 4.47. The summed E-state index contributed by atoms with van der Waals surface area (Å²) in [4.78, 5) is 12.7. The molecule has 0 amide bonds. The zero-order valence-corrected chi connectivity index (χ0v) is 14.2. The fraction of sp³-hybridized carbons (Fsp3) is 0.850. The van der Waals surface area contributed by atoms with Gasteiger partial charge in [-0.2, -0.15) is 0 Å². The summed E-state index contributed by atoms with van der Waals surface area (Å²) in [5.41, 5.74) is 1.65. The van der Waals surface area contributed by atoms with Gasteiger partial charge in [-0.3, -0.25) is 4.79 Å². The van der Waals surface area contributed by atoms with E-state index in [9.17, 15) is 9.90 Å². The van der Waals surface area contributed by atoms with Crippen LogP contribution in [0.2, 0.25) is 0 Å². The van der Waals surface area contributed by atoms with Gasteiger partial charge in [0.15, 0.2) is 0 Å². The number of ketones is 1. The van der Waals surface area contributed by atoms with Crippen molar-refractivity contribution < 1.29 is 9.90 Å². The fourth-order valence-electron chi connectivity index (χ4n) is 7.58. The number of hydrogen-bond acceptors (Lipinski definition) is 2. The van der Waals surface area contributed by atoms with Gasteiger partial charge in [-0.1, -0.05) is 32.4 Å². The van der Waals surface area contributed by atoms with E-state index in [1.807, 2.05) is 0 Å². The molecule has 1 spiro atoms. The van der Waals surface area contributed by atoms with E-state index >= 15 is 0 Å². The molecule has 0 heterocycles. The third-order valence-corrected chi connectivity index (χ3v) is 8.52. The van der Waals surface area contributed by atoms with Crippen molar-refractivity contribution in [2.45, 2.75) is 65.2 Å². The zero-order chi connectivity index (χ0) is 15.8. The van der Waals surface area contributed by atoms with Crippen LogP contribution in [0.25, 0.3) is 0 Å². The summed E-state index contributed by atoms with van der Waals surface area (Å²) in [6.07, 6.45) is 9.02. The molecule has 0 unspecified atom stereocenters. The highest BCUT2D eigenvalue weighted by molar-refractivity contribution is 5.87. The van der Waals surface area contributed by atoms with Crippen molar-refractivity contribution >= 4 is 5.78 Å². The van der Waals surface area contributed by atoms with E-state index in [4.69, 9.17) is 0 Å². The van der Waals surface area contributed by atoms with Gasteiger partial charge in [-0.25, -0.2) is 0 Å². The maximum absolute atomic E-state index is 12.7. The molecule has 0 aliphatic heterocycles. The minimum absolute atomic E-state index is 0.0503. The molecule has 4 fully saturated rings. The first-order valence-electron chi connectivity index (χ1n) is 9.20.